The minimum Gasteiger partial charge on any atom is -0.318 e. The van der Waals surface area contributed by atoms with Crippen LogP contribution < -0.4 is 0 Å². The molecule has 1 heterocycles. The zero-order chi connectivity index (χ0) is 19.6. The van der Waals surface area contributed by atoms with Crippen molar-refractivity contribution in [2.45, 2.75) is 20.0 Å². The van der Waals surface area contributed by atoms with Gasteiger partial charge in [-0.3, -0.25) is 0 Å². The number of rotatable bonds is 3. The van der Waals surface area contributed by atoms with E-state index in [2.05, 4.69) is 0 Å². The number of aryl methyl sites for hydroxylation is 1. The Kier molecular flexibility index (Phi) is 4.91. The van der Waals surface area contributed by atoms with E-state index in [4.69, 9.17) is 0 Å². The summed E-state index contributed by atoms with van der Waals surface area (Å²) < 4.78 is 40.9. The summed E-state index contributed by atoms with van der Waals surface area (Å²) in [5.74, 6) is 0. The number of allylic oxidation sites excluding steroid dienone is 1. The third-order valence-electron chi connectivity index (χ3n) is 4.41. The molecule has 0 saturated carbocycles. The number of benzene rings is 2. The van der Waals surface area contributed by atoms with E-state index >= 15 is 0 Å². The van der Waals surface area contributed by atoms with Gasteiger partial charge in [0.2, 0.25) is 0 Å². The average molecular weight is 366 g/mol. The van der Waals surface area contributed by atoms with E-state index in [-0.39, 0.29) is 11.1 Å². The summed E-state index contributed by atoms with van der Waals surface area (Å²) in [5.41, 5.74) is 3.35. The molecule has 27 heavy (non-hydrogen) atoms. The predicted molar refractivity (Wildman–Crippen MR) is 100 cm³/mol. The number of nitrogens with zero attached hydrogens (tertiary/aromatic N) is 2. The van der Waals surface area contributed by atoms with E-state index in [0.717, 1.165) is 34.8 Å². The van der Waals surface area contributed by atoms with Crippen molar-refractivity contribution in [3.05, 3.63) is 88.7 Å². The quantitative estimate of drug-likeness (QED) is 0.509. The number of para-hydroxylation sites is 1. The van der Waals surface area contributed by atoms with Crippen molar-refractivity contribution in [3.8, 4) is 11.8 Å². The second-order valence-electron chi connectivity index (χ2n) is 6.25. The lowest BCUT2D eigenvalue weighted by Gasteiger charge is -2.09. The second kappa shape index (κ2) is 7.16. The summed E-state index contributed by atoms with van der Waals surface area (Å²) in [6.45, 7) is 3.88. The van der Waals surface area contributed by atoms with Crippen LogP contribution in [0.3, 0.4) is 0 Å². The molecule has 136 valence electrons. The SMILES string of the molecule is Cc1cc(/C=C(/C#N)c2cccc(C(F)(F)F)c2)c(C)n1-c1ccccc1. The Morgan fingerprint density at radius 2 is 1.70 bits per heavy atom. The zero-order valence-corrected chi connectivity index (χ0v) is 14.9. The molecule has 3 aromatic rings. The van der Waals surface area contributed by atoms with Crippen LogP contribution in [0.1, 0.15) is 28.1 Å². The fourth-order valence-electron chi connectivity index (χ4n) is 3.11. The van der Waals surface area contributed by atoms with Gasteiger partial charge in [0.15, 0.2) is 0 Å². The number of aromatic nitrogens is 1. The van der Waals surface area contributed by atoms with Crippen molar-refractivity contribution >= 4 is 11.6 Å². The molecular weight excluding hydrogens is 349 g/mol. The van der Waals surface area contributed by atoms with E-state index in [1.54, 1.807) is 6.08 Å². The molecule has 0 amide bonds. The van der Waals surface area contributed by atoms with Crippen molar-refractivity contribution in [2.24, 2.45) is 0 Å². The number of hydrogen-bond acceptors (Lipinski definition) is 1. The van der Waals surface area contributed by atoms with E-state index in [1.807, 2.05) is 60.9 Å². The van der Waals surface area contributed by atoms with Crippen LogP contribution in [0.25, 0.3) is 17.3 Å². The minimum absolute atomic E-state index is 0.189. The van der Waals surface area contributed by atoms with Gasteiger partial charge in [0.25, 0.3) is 0 Å². The fourth-order valence-corrected chi connectivity index (χ4v) is 3.11. The first kappa shape index (κ1) is 18.5. The molecule has 0 N–H and O–H groups in total. The van der Waals surface area contributed by atoms with E-state index < -0.39 is 11.7 Å². The highest BCUT2D eigenvalue weighted by Crippen LogP contribution is 2.32. The van der Waals surface area contributed by atoms with Gasteiger partial charge < -0.3 is 4.57 Å². The molecule has 0 aliphatic rings. The molecule has 5 heteroatoms. The number of hydrogen-bond donors (Lipinski definition) is 0. The standard InChI is InChI=1S/C22H17F3N2/c1-15-11-18(16(2)27(15)21-9-4-3-5-10-21)12-19(14-26)17-7-6-8-20(13-17)22(23,24)25/h3-13H,1-2H3/b19-12-. The van der Waals surface area contributed by atoms with Crippen LogP contribution in [0, 0.1) is 25.2 Å². The lowest BCUT2D eigenvalue weighted by Crippen LogP contribution is -2.04. The molecule has 1 aromatic heterocycles. The molecular formula is C22H17F3N2. The highest BCUT2D eigenvalue weighted by molar-refractivity contribution is 5.90. The topological polar surface area (TPSA) is 28.7 Å². The van der Waals surface area contributed by atoms with Crippen LogP contribution in [-0.2, 0) is 6.18 Å². The Balaban J connectivity index is 2.07. The van der Waals surface area contributed by atoms with Crippen LogP contribution >= 0.6 is 0 Å². The lowest BCUT2D eigenvalue weighted by molar-refractivity contribution is -0.137. The Morgan fingerprint density at radius 1 is 1.00 bits per heavy atom. The third-order valence-corrected chi connectivity index (χ3v) is 4.41. The average Bonchev–Trinajstić information content (AvgIpc) is 2.93. The monoisotopic (exact) mass is 366 g/mol. The van der Waals surface area contributed by atoms with Gasteiger partial charge >= 0.3 is 6.18 Å². The Bertz CT molecular complexity index is 1040. The highest BCUT2D eigenvalue weighted by atomic mass is 19.4. The summed E-state index contributed by atoms with van der Waals surface area (Å²) in [7, 11) is 0. The molecule has 0 atom stereocenters. The van der Waals surface area contributed by atoms with Gasteiger partial charge in [-0.05, 0) is 61.4 Å². The van der Waals surface area contributed by atoms with E-state index in [0.29, 0.717) is 0 Å². The van der Waals surface area contributed by atoms with Crippen molar-refractivity contribution in [2.75, 3.05) is 0 Å². The smallest absolute Gasteiger partial charge is 0.318 e. The molecule has 3 rings (SSSR count). The largest absolute Gasteiger partial charge is 0.416 e. The third kappa shape index (κ3) is 3.80. The fraction of sp³-hybridized carbons (Fsp3) is 0.136. The van der Waals surface area contributed by atoms with Crippen LogP contribution in [0.15, 0.2) is 60.7 Å². The van der Waals surface area contributed by atoms with Crippen molar-refractivity contribution in [3.63, 3.8) is 0 Å². The number of alkyl halides is 3. The van der Waals surface area contributed by atoms with Crippen molar-refractivity contribution in [1.29, 1.82) is 5.26 Å². The van der Waals surface area contributed by atoms with Gasteiger partial charge in [-0.15, -0.1) is 0 Å². The van der Waals surface area contributed by atoms with Gasteiger partial charge in [0.05, 0.1) is 17.2 Å². The Morgan fingerprint density at radius 3 is 2.33 bits per heavy atom. The highest BCUT2D eigenvalue weighted by Gasteiger charge is 2.30. The molecule has 0 aliphatic carbocycles. The molecule has 0 spiro atoms. The molecule has 0 fully saturated rings. The number of nitriles is 1. The van der Waals surface area contributed by atoms with Crippen LogP contribution in [0.4, 0.5) is 13.2 Å². The lowest BCUT2D eigenvalue weighted by atomic mass is 10.0. The molecule has 2 nitrogen and oxygen atoms in total. The van der Waals surface area contributed by atoms with Crippen molar-refractivity contribution < 1.29 is 13.2 Å². The van der Waals surface area contributed by atoms with Gasteiger partial charge in [0.1, 0.15) is 0 Å². The first-order valence-electron chi connectivity index (χ1n) is 8.35. The summed E-state index contributed by atoms with van der Waals surface area (Å²) in [6.07, 6.45) is -2.81. The zero-order valence-electron chi connectivity index (χ0n) is 14.9. The van der Waals surface area contributed by atoms with E-state index in [9.17, 15) is 18.4 Å². The molecule has 0 radical (unpaired) electrons. The van der Waals surface area contributed by atoms with Gasteiger partial charge in [0, 0.05) is 17.1 Å². The van der Waals surface area contributed by atoms with E-state index in [1.165, 1.54) is 12.1 Å². The molecule has 0 bridgehead atoms. The first-order chi connectivity index (χ1) is 12.8. The van der Waals surface area contributed by atoms with Gasteiger partial charge in [-0.25, -0.2) is 0 Å². The Labute approximate surface area is 155 Å². The van der Waals surface area contributed by atoms with Gasteiger partial charge in [-0.2, -0.15) is 18.4 Å². The maximum absolute atomic E-state index is 13.0. The molecule has 0 aliphatic heterocycles. The molecule has 0 saturated heterocycles. The summed E-state index contributed by atoms with van der Waals surface area (Å²) >= 11 is 0. The van der Waals surface area contributed by atoms with Crippen LogP contribution in [0.2, 0.25) is 0 Å². The van der Waals surface area contributed by atoms with Crippen LogP contribution in [0.5, 0.6) is 0 Å². The van der Waals surface area contributed by atoms with Gasteiger partial charge in [-0.1, -0.05) is 30.3 Å². The maximum atomic E-state index is 13.0. The second-order valence-corrected chi connectivity index (χ2v) is 6.25. The summed E-state index contributed by atoms with van der Waals surface area (Å²) in [4.78, 5) is 0. The molecule has 0 unspecified atom stereocenters. The van der Waals surface area contributed by atoms with Crippen molar-refractivity contribution in [1.82, 2.24) is 4.57 Å². The summed E-state index contributed by atoms with van der Waals surface area (Å²) in [5, 5.41) is 9.51. The van der Waals surface area contributed by atoms with Crippen LogP contribution in [-0.4, -0.2) is 4.57 Å². The number of halogens is 3. The summed E-state index contributed by atoms with van der Waals surface area (Å²) in [6, 6.07) is 18.5. The predicted octanol–water partition coefficient (Wildman–Crippen LogP) is 6.18. The minimum atomic E-state index is -4.44. The molecule has 2 aromatic carbocycles. The normalized spacial score (nSPS) is 12.1. The first-order valence-corrected chi connectivity index (χ1v) is 8.35. The maximum Gasteiger partial charge on any atom is 0.416 e. The Hall–Kier alpha value is -3.26.